The summed E-state index contributed by atoms with van der Waals surface area (Å²) in [6.07, 6.45) is 0.690. The lowest BCUT2D eigenvalue weighted by Gasteiger charge is -2.39. The summed E-state index contributed by atoms with van der Waals surface area (Å²) in [7, 11) is -3.91. The fourth-order valence-electron chi connectivity index (χ4n) is 5.97. The highest BCUT2D eigenvalue weighted by atomic mass is 35.5. The van der Waals surface area contributed by atoms with Gasteiger partial charge in [-0.2, -0.15) is 0 Å². The predicted molar refractivity (Wildman–Crippen MR) is 151 cm³/mol. The van der Waals surface area contributed by atoms with Crippen LogP contribution in [0.2, 0.25) is 0 Å². The molecule has 1 aliphatic heterocycles. The minimum Gasteiger partial charge on any atom is -0.378 e. The lowest BCUT2D eigenvalue weighted by Crippen LogP contribution is -2.31. The second-order valence-corrected chi connectivity index (χ2v) is 13.1. The number of thioether (sulfide) groups is 1. The molecule has 4 aromatic carbocycles. The summed E-state index contributed by atoms with van der Waals surface area (Å²) in [5.74, 6) is -0.161. The number of nitrogens with two attached hydrogens (primary N) is 1. The lowest BCUT2D eigenvalue weighted by molar-refractivity contribution is -0.387. The number of nitro benzene ring substituents is 1. The standard InChI is InChI=1S/C28H24ClN3O4S2/c29-27-25(37-24-11-4-3-10-23(24)32(33)34)15-21-26(27)20-14-17(38(30,35)36)12-13-22(20)31-28(21)19-9-5-7-16-6-1-2-8-18(16)19/h1-14,21,25-28,31H,15H2,(H2,30,35,36)/t21-,25-,26+,27-,28+/m1/s1. The largest absolute Gasteiger partial charge is 0.378 e. The van der Waals surface area contributed by atoms with Gasteiger partial charge < -0.3 is 5.32 Å². The van der Waals surface area contributed by atoms with E-state index in [1.165, 1.54) is 23.9 Å². The van der Waals surface area contributed by atoms with Crippen LogP contribution in [0.15, 0.2) is 94.7 Å². The molecule has 194 valence electrons. The molecule has 2 aliphatic rings. The third-order valence-electron chi connectivity index (χ3n) is 7.61. The second kappa shape index (κ2) is 9.57. The molecule has 4 aromatic rings. The van der Waals surface area contributed by atoms with Gasteiger partial charge >= 0.3 is 0 Å². The maximum absolute atomic E-state index is 12.2. The molecule has 6 rings (SSSR count). The molecule has 3 N–H and O–H groups in total. The van der Waals surface area contributed by atoms with Gasteiger partial charge in [-0.1, -0.05) is 54.6 Å². The second-order valence-electron chi connectivity index (χ2n) is 9.74. The first-order chi connectivity index (χ1) is 18.2. The van der Waals surface area contributed by atoms with Crippen LogP contribution in [-0.4, -0.2) is 24.0 Å². The zero-order valence-electron chi connectivity index (χ0n) is 20.0. The number of para-hydroxylation sites is 1. The summed E-state index contributed by atoms with van der Waals surface area (Å²) >= 11 is 8.62. The third kappa shape index (κ3) is 4.33. The molecule has 0 saturated heterocycles. The number of nitrogens with zero attached hydrogens (tertiary/aromatic N) is 1. The quantitative estimate of drug-likeness (QED) is 0.163. The van der Waals surface area contributed by atoms with Crippen molar-refractivity contribution in [3.05, 3.63) is 106 Å². The Labute approximate surface area is 229 Å². The van der Waals surface area contributed by atoms with E-state index in [1.54, 1.807) is 30.3 Å². The zero-order valence-corrected chi connectivity index (χ0v) is 22.4. The molecule has 0 unspecified atom stereocenters. The number of hydrogen-bond donors (Lipinski definition) is 2. The molecule has 1 fully saturated rings. The average Bonchev–Trinajstić information content (AvgIpc) is 3.23. The van der Waals surface area contributed by atoms with Gasteiger partial charge in [0.1, 0.15) is 0 Å². The number of rotatable bonds is 5. The SMILES string of the molecule is NS(=O)(=O)c1ccc2c(c1)[C@@H]1[C@H](Cl)[C@H](Sc3ccccc3[N+](=O)[O-])C[C@H]1[C@H](c1cccc3ccccc13)N2. The molecule has 10 heteroatoms. The summed E-state index contributed by atoms with van der Waals surface area (Å²) in [5, 5.41) is 22.6. The van der Waals surface area contributed by atoms with E-state index in [1.807, 2.05) is 18.2 Å². The molecule has 0 amide bonds. The minimum absolute atomic E-state index is 0.0202. The van der Waals surface area contributed by atoms with Crippen LogP contribution in [0.5, 0.6) is 0 Å². The van der Waals surface area contributed by atoms with Gasteiger partial charge in [-0.25, -0.2) is 13.6 Å². The summed E-state index contributed by atoms with van der Waals surface area (Å²) in [5.41, 5.74) is 2.82. The molecule has 0 aromatic heterocycles. The Kier molecular flexibility index (Phi) is 6.34. The van der Waals surface area contributed by atoms with Gasteiger partial charge in [-0.05, 0) is 58.5 Å². The van der Waals surface area contributed by atoms with Crippen LogP contribution in [0.4, 0.5) is 11.4 Å². The summed E-state index contributed by atoms with van der Waals surface area (Å²) in [4.78, 5) is 11.9. The first kappa shape index (κ1) is 25.2. The Balaban J connectivity index is 1.47. The topological polar surface area (TPSA) is 115 Å². The summed E-state index contributed by atoms with van der Waals surface area (Å²) in [6.45, 7) is 0. The van der Waals surface area contributed by atoms with E-state index in [9.17, 15) is 18.5 Å². The molecule has 0 bridgehead atoms. The maximum atomic E-state index is 12.2. The normalized spacial score (nSPS) is 24.4. The molecule has 7 nitrogen and oxygen atoms in total. The zero-order chi connectivity index (χ0) is 26.6. The average molecular weight is 566 g/mol. The summed E-state index contributed by atoms with van der Waals surface area (Å²) in [6, 6.07) is 26.0. The summed E-state index contributed by atoms with van der Waals surface area (Å²) < 4.78 is 24.4. The fourth-order valence-corrected chi connectivity index (χ4v) is 8.46. The van der Waals surface area contributed by atoms with Gasteiger partial charge in [0.2, 0.25) is 10.0 Å². The van der Waals surface area contributed by atoms with Gasteiger partial charge in [-0.3, -0.25) is 10.1 Å². The maximum Gasteiger partial charge on any atom is 0.282 e. The Morgan fingerprint density at radius 2 is 1.71 bits per heavy atom. The van der Waals surface area contributed by atoms with E-state index in [4.69, 9.17) is 16.7 Å². The van der Waals surface area contributed by atoms with E-state index in [0.29, 0.717) is 11.3 Å². The van der Waals surface area contributed by atoms with E-state index < -0.39 is 10.0 Å². The minimum atomic E-state index is -3.91. The van der Waals surface area contributed by atoms with Crippen molar-refractivity contribution in [2.45, 2.75) is 38.8 Å². The molecule has 0 spiro atoms. The fraction of sp³-hybridized carbons (Fsp3) is 0.214. The third-order valence-corrected chi connectivity index (χ3v) is 10.6. The van der Waals surface area contributed by atoms with Gasteiger partial charge in [-0.15, -0.1) is 23.4 Å². The van der Waals surface area contributed by atoms with Crippen molar-refractivity contribution < 1.29 is 13.3 Å². The molecule has 0 radical (unpaired) electrons. The Bertz CT molecular complexity index is 1670. The Hall–Kier alpha value is -3.11. The van der Waals surface area contributed by atoms with E-state index in [-0.39, 0.29) is 44.0 Å². The van der Waals surface area contributed by atoms with Crippen LogP contribution in [0.1, 0.15) is 29.5 Å². The number of fused-ring (bicyclic) bond motifs is 4. The number of sulfonamides is 1. The monoisotopic (exact) mass is 565 g/mol. The van der Waals surface area contributed by atoms with E-state index >= 15 is 0 Å². The number of halogens is 1. The van der Waals surface area contributed by atoms with Crippen LogP contribution >= 0.6 is 23.4 Å². The van der Waals surface area contributed by atoms with Gasteiger partial charge in [0.25, 0.3) is 5.69 Å². The van der Waals surface area contributed by atoms with E-state index in [0.717, 1.165) is 27.6 Å². The predicted octanol–water partition coefficient (Wildman–Crippen LogP) is 6.43. The van der Waals surface area contributed by atoms with E-state index in [2.05, 4.69) is 29.6 Å². The number of benzene rings is 4. The number of nitrogens with one attached hydrogen (secondary N) is 1. The van der Waals surface area contributed by atoms with Crippen molar-refractivity contribution >= 4 is 55.5 Å². The lowest BCUT2D eigenvalue weighted by atomic mass is 9.76. The van der Waals surface area contributed by atoms with Crippen LogP contribution in [0.3, 0.4) is 0 Å². The van der Waals surface area contributed by atoms with Crippen LogP contribution < -0.4 is 10.5 Å². The van der Waals surface area contributed by atoms with Crippen molar-refractivity contribution in [3.63, 3.8) is 0 Å². The highest BCUT2D eigenvalue weighted by Crippen LogP contribution is 2.58. The molecule has 1 aliphatic carbocycles. The number of primary sulfonamides is 1. The number of anilines is 1. The van der Waals surface area contributed by atoms with Gasteiger partial charge in [0.05, 0.1) is 26.1 Å². The Morgan fingerprint density at radius 3 is 2.50 bits per heavy atom. The van der Waals surface area contributed by atoms with Crippen molar-refractivity contribution in [2.24, 2.45) is 11.1 Å². The van der Waals surface area contributed by atoms with Crippen molar-refractivity contribution in [1.82, 2.24) is 0 Å². The van der Waals surface area contributed by atoms with Crippen molar-refractivity contribution in [1.29, 1.82) is 0 Å². The number of nitro groups is 1. The highest BCUT2D eigenvalue weighted by molar-refractivity contribution is 8.00. The highest BCUT2D eigenvalue weighted by Gasteiger charge is 2.50. The van der Waals surface area contributed by atoms with Crippen LogP contribution in [0, 0.1) is 16.0 Å². The smallest absolute Gasteiger partial charge is 0.282 e. The van der Waals surface area contributed by atoms with Crippen LogP contribution in [0.25, 0.3) is 10.8 Å². The first-order valence-corrected chi connectivity index (χ1v) is 15.0. The van der Waals surface area contributed by atoms with Crippen LogP contribution in [-0.2, 0) is 10.0 Å². The molecule has 5 atom stereocenters. The van der Waals surface area contributed by atoms with Gasteiger partial charge in [0.15, 0.2) is 0 Å². The molecular weight excluding hydrogens is 542 g/mol. The number of alkyl halides is 1. The molecule has 1 heterocycles. The first-order valence-electron chi connectivity index (χ1n) is 12.2. The molecule has 38 heavy (non-hydrogen) atoms. The molecular formula is C28H24ClN3O4S2. The van der Waals surface area contributed by atoms with Gasteiger partial charge in [0, 0.05) is 22.9 Å². The molecule has 1 saturated carbocycles. The number of hydrogen-bond acceptors (Lipinski definition) is 6. The van der Waals surface area contributed by atoms with Crippen molar-refractivity contribution in [3.8, 4) is 0 Å². The Morgan fingerprint density at radius 1 is 0.974 bits per heavy atom. The van der Waals surface area contributed by atoms with Crippen molar-refractivity contribution in [2.75, 3.05) is 5.32 Å².